The van der Waals surface area contributed by atoms with Gasteiger partial charge in [-0.25, -0.2) is 9.40 Å². The molecule has 4 aliphatic carbocycles. The van der Waals surface area contributed by atoms with Gasteiger partial charge in [0.15, 0.2) is 0 Å². The number of amides is 2. The van der Waals surface area contributed by atoms with Crippen LogP contribution in [0.5, 0.6) is 0 Å². The van der Waals surface area contributed by atoms with Gasteiger partial charge in [0.05, 0.1) is 23.1 Å². The lowest BCUT2D eigenvalue weighted by Gasteiger charge is -2.56. The van der Waals surface area contributed by atoms with Crippen molar-refractivity contribution in [2.75, 3.05) is 13.7 Å². The Morgan fingerprint density at radius 2 is 1.94 bits per heavy atom. The summed E-state index contributed by atoms with van der Waals surface area (Å²) in [6.07, 6.45) is 3.01. The van der Waals surface area contributed by atoms with Crippen molar-refractivity contribution >= 4 is 23.4 Å². The number of hydrogen-bond acceptors (Lipinski definition) is 6. The van der Waals surface area contributed by atoms with E-state index >= 15 is 0 Å². The molecule has 6 atom stereocenters. The second-order valence-electron chi connectivity index (χ2n) is 10.4. The van der Waals surface area contributed by atoms with Crippen LogP contribution in [-0.4, -0.2) is 82.5 Å². The maximum atomic E-state index is 13.8. The third kappa shape index (κ3) is 4.92. The molecule has 182 valence electrons. The van der Waals surface area contributed by atoms with Crippen LogP contribution in [0.15, 0.2) is 0 Å². The van der Waals surface area contributed by atoms with Crippen LogP contribution in [0.2, 0.25) is 0 Å². The Kier molecular flexibility index (Phi) is 7.04. The predicted octanol–water partition coefficient (Wildman–Crippen LogP) is 1.15. The van der Waals surface area contributed by atoms with Gasteiger partial charge in [-0.15, -0.1) is 11.6 Å². The van der Waals surface area contributed by atoms with Crippen molar-refractivity contribution in [2.45, 2.75) is 112 Å². The number of aliphatic hydroxyl groups is 1. The van der Waals surface area contributed by atoms with E-state index in [0.29, 0.717) is 44.9 Å². The number of rotatable bonds is 6. The van der Waals surface area contributed by atoms with E-state index in [1.54, 1.807) is 0 Å². The SMILES string of the molecule is CC1CC(C(=O)NC23CCC(NC(=O)COC4CCC(Cl)C(F)C4)(CC2)C(O)C3)N(C)N1. The quantitative estimate of drug-likeness (QED) is 0.431. The number of hydrazine groups is 1. The first kappa shape index (κ1) is 24.1. The maximum Gasteiger partial charge on any atom is 0.246 e. The minimum Gasteiger partial charge on any atom is -0.391 e. The summed E-state index contributed by atoms with van der Waals surface area (Å²) < 4.78 is 19.4. The van der Waals surface area contributed by atoms with Crippen LogP contribution in [0.1, 0.15) is 64.7 Å². The standard InChI is InChI=1S/C22H36ClFN4O4/c1-13-9-17(28(2)27-13)20(31)26-21-5-7-22(8-6-21,18(29)11-21)25-19(30)12-32-14-3-4-15(23)16(24)10-14/h13-18,27,29H,3-12H2,1-2H3,(H,25,30)(H,26,31). The highest BCUT2D eigenvalue weighted by molar-refractivity contribution is 6.21. The van der Waals surface area contributed by atoms with E-state index in [4.69, 9.17) is 16.3 Å². The number of carbonyl (C=O) groups excluding carboxylic acids is 2. The molecule has 0 aromatic heterocycles. The van der Waals surface area contributed by atoms with Crippen molar-refractivity contribution in [1.82, 2.24) is 21.1 Å². The maximum absolute atomic E-state index is 13.8. The minimum atomic E-state index is -1.11. The molecule has 2 bridgehead atoms. The van der Waals surface area contributed by atoms with Crippen LogP contribution in [0, 0.1) is 0 Å². The Bertz CT molecular complexity index is 720. The molecule has 0 spiro atoms. The van der Waals surface area contributed by atoms with E-state index in [9.17, 15) is 19.1 Å². The zero-order valence-electron chi connectivity index (χ0n) is 18.9. The normalized spacial score (nSPS) is 44.4. The van der Waals surface area contributed by atoms with Crippen molar-refractivity contribution in [3.63, 3.8) is 0 Å². The fourth-order valence-electron chi connectivity index (χ4n) is 5.97. The summed E-state index contributed by atoms with van der Waals surface area (Å²) >= 11 is 5.91. The lowest BCUT2D eigenvalue weighted by Crippen LogP contribution is -2.71. The molecule has 4 saturated carbocycles. The zero-order chi connectivity index (χ0) is 23.1. The number of carbonyl (C=O) groups is 2. The Morgan fingerprint density at radius 1 is 1.22 bits per heavy atom. The van der Waals surface area contributed by atoms with Crippen molar-refractivity contribution in [1.29, 1.82) is 0 Å². The van der Waals surface area contributed by atoms with E-state index in [1.807, 2.05) is 19.0 Å². The summed E-state index contributed by atoms with van der Waals surface area (Å²) in [7, 11) is 1.87. The molecule has 4 N–H and O–H groups in total. The van der Waals surface area contributed by atoms with Gasteiger partial charge in [-0.2, -0.15) is 0 Å². The molecule has 0 radical (unpaired) electrons. The monoisotopic (exact) mass is 474 g/mol. The van der Waals surface area contributed by atoms with E-state index in [1.165, 1.54) is 0 Å². The Balaban J connectivity index is 1.28. The lowest BCUT2D eigenvalue weighted by atomic mass is 9.59. The number of ether oxygens (including phenoxy) is 1. The van der Waals surface area contributed by atoms with Gasteiger partial charge < -0.3 is 20.5 Å². The van der Waals surface area contributed by atoms with Crippen molar-refractivity contribution < 1.29 is 23.8 Å². The molecule has 5 rings (SSSR count). The van der Waals surface area contributed by atoms with Crippen molar-refractivity contribution in [3.05, 3.63) is 0 Å². The third-order valence-electron chi connectivity index (χ3n) is 7.96. The Labute approximate surface area is 193 Å². The van der Waals surface area contributed by atoms with Gasteiger partial charge in [-0.1, -0.05) is 0 Å². The van der Waals surface area contributed by atoms with Gasteiger partial charge in [-0.3, -0.25) is 15.0 Å². The minimum absolute atomic E-state index is 0.0128. The molecular formula is C22H36ClFN4O4. The molecule has 5 fully saturated rings. The Morgan fingerprint density at radius 3 is 2.53 bits per heavy atom. The fraction of sp³-hybridized carbons (Fsp3) is 0.909. The fourth-order valence-corrected chi connectivity index (χ4v) is 6.20. The van der Waals surface area contributed by atoms with Gasteiger partial charge in [0.1, 0.15) is 18.8 Å². The number of nitrogens with one attached hydrogen (secondary N) is 3. The second kappa shape index (κ2) is 9.33. The van der Waals surface area contributed by atoms with Gasteiger partial charge in [0, 0.05) is 25.0 Å². The molecule has 1 saturated heterocycles. The van der Waals surface area contributed by atoms with Crippen LogP contribution in [-0.2, 0) is 14.3 Å². The molecule has 8 nitrogen and oxygen atoms in total. The summed E-state index contributed by atoms with van der Waals surface area (Å²) in [6, 6.07) is 0.0298. The first-order valence-electron chi connectivity index (χ1n) is 11.8. The van der Waals surface area contributed by atoms with E-state index in [0.717, 1.165) is 6.42 Å². The van der Waals surface area contributed by atoms with Gasteiger partial charge in [0.25, 0.3) is 0 Å². The molecule has 2 amide bonds. The number of aliphatic hydroxyl groups excluding tert-OH is 1. The second-order valence-corrected chi connectivity index (χ2v) is 10.9. The number of alkyl halides is 2. The molecule has 5 aliphatic rings. The van der Waals surface area contributed by atoms with Gasteiger partial charge in [-0.05, 0) is 58.3 Å². The van der Waals surface area contributed by atoms with E-state index in [2.05, 4.69) is 16.1 Å². The Hall–Kier alpha value is -1.00. The van der Waals surface area contributed by atoms with Crippen LogP contribution in [0.3, 0.4) is 0 Å². The van der Waals surface area contributed by atoms with Gasteiger partial charge in [0.2, 0.25) is 11.8 Å². The number of fused-ring (bicyclic) bond motifs is 3. The topological polar surface area (TPSA) is 103 Å². The molecular weight excluding hydrogens is 439 g/mol. The van der Waals surface area contributed by atoms with Crippen LogP contribution in [0.25, 0.3) is 0 Å². The predicted molar refractivity (Wildman–Crippen MR) is 118 cm³/mol. The summed E-state index contributed by atoms with van der Waals surface area (Å²) in [5.74, 6) is -0.306. The van der Waals surface area contributed by atoms with E-state index in [-0.39, 0.29) is 43.0 Å². The molecule has 32 heavy (non-hydrogen) atoms. The first-order valence-corrected chi connectivity index (χ1v) is 12.2. The highest BCUT2D eigenvalue weighted by Gasteiger charge is 2.55. The average molecular weight is 475 g/mol. The number of hydrogen-bond donors (Lipinski definition) is 4. The largest absolute Gasteiger partial charge is 0.391 e. The highest BCUT2D eigenvalue weighted by Crippen LogP contribution is 2.47. The molecule has 0 aromatic carbocycles. The molecule has 1 heterocycles. The summed E-state index contributed by atoms with van der Waals surface area (Å²) in [4.78, 5) is 25.5. The smallest absolute Gasteiger partial charge is 0.246 e. The number of nitrogens with zero attached hydrogens (tertiary/aromatic N) is 1. The van der Waals surface area contributed by atoms with Gasteiger partial charge >= 0.3 is 0 Å². The average Bonchev–Trinajstić information content (AvgIpc) is 3.08. The lowest BCUT2D eigenvalue weighted by molar-refractivity contribution is -0.141. The van der Waals surface area contributed by atoms with E-state index < -0.39 is 28.7 Å². The van der Waals surface area contributed by atoms with Crippen molar-refractivity contribution in [2.24, 2.45) is 0 Å². The molecule has 0 aromatic rings. The van der Waals surface area contributed by atoms with Crippen molar-refractivity contribution in [3.8, 4) is 0 Å². The van der Waals surface area contributed by atoms with Crippen LogP contribution >= 0.6 is 11.6 Å². The third-order valence-corrected chi connectivity index (χ3v) is 8.46. The molecule has 6 unspecified atom stereocenters. The number of halogens is 2. The zero-order valence-corrected chi connectivity index (χ0v) is 19.7. The molecule has 1 aliphatic heterocycles. The number of likely N-dealkylation sites (N-methyl/N-ethyl adjacent to an activating group) is 1. The summed E-state index contributed by atoms with van der Waals surface area (Å²) in [6.45, 7) is 1.90. The summed E-state index contributed by atoms with van der Waals surface area (Å²) in [5, 5.41) is 18.5. The van der Waals surface area contributed by atoms with Crippen LogP contribution < -0.4 is 16.1 Å². The first-order chi connectivity index (χ1) is 15.1. The van der Waals surface area contributed by atoms with Crippen LogP contribution in [0.4, 0.5) is 4.39 Å². The highest BCUT2D eigenvalue weighted by atomic mass is 35.5. The molecule has 10 heteroatoms. The summed E-state index contributed by atoms with van der Waals surface area (Å²) in [5.41, 5.74) is 2.12.